The first-order chi connectivity index (χ1) is 7.97. The van der Waals surface area contributed by atoms with Crippen molar-refractivity contribution in [3.05, 3.63) is 29.8 Å². The predicted octanol–water partition coefficient (Wildman–Crippen LogP) is 0.436. The number of hydrogen-bond acceptors (Lipinski definition) is 5. The Labute approximate surface area is 100 Å². The van der Waals surface area contributed by atoms with E-state index >= 15 is 0 Å². The van der Waals surface area contributed by atoms with Gasteiger partial charge < -0.3 is 15.4 Å². The predicted molar refractivity (Wildman–Crippen MR) is 65.1 cm³/mol. The zero-order valence-corrected chi connectivity index (χ0v) is 10.1. The molecule has 0 spiro atoms. The van der Waals surface area contributed by atoms with Crippen LogP contribution in [0.25, 0.3) is 0 Å². The second kappa shape index (κ2) is 5.45. The topological polar surface area (TPSA) is 72.6 Å². The molecule has 0 radical (unpaired) electrons. The summed E-state index contributed by atoms with van der Waals surface area (Å²) < 4.78 is 4.42. The lowest BCUT2D eigenvalue weighted by molar-refractivity contribution is -0.140. The number of hydrogen-bond donors (Lipinski definition) is 1. The van der Waals surface area contributed by atoms with Gasteiger partial charge in [0, 0.05) is 25.3 Å². The van der Waals surface area contributed by atoms with Crippen molar-refractivity contribution in [2.45, 2.75) is 6.04 Å². The molecule has 1 unspecified atom stereocenters. The highest BCUT2D eigenvalue weighted by atomic mass is 16.5. The van der Waals surface area contributed by atoms with E-state index in [0.717, 1.165) is 5.69 Å². The average Bonchev–Trinajstić information content (AvgIpc) is 2.36. The van der Waals surface area contributed by atoms with E-state index in [4.69, 9.17) is 5.73 Å². The molecule has 5 heteroatoms. The van der Waals surface area contributed by atoms with Crippen LogP contribution in [-0.2, 0) is 9.53 Å². The smallest absolute Gasteiger partial charge is 0.330 e. The van der Waals surface area contributed by atoms with E-state index in [0.29, 0.717) is 5.56 Å². The van der Waals surface area contributed by atoms with E-state index in [2.05, 4.69) is 4.74 Å². The normalized spacial score (nSPS) is 11.8. The number of ether oxygens (including phenoxy) is 1. The van der Waals surface area contributed by atoms with E-state index in [1.54, 1.807) is 24.3 Å². The summed E-state index contributed by atoms with van der Waals surface area (Å²) >= 11 is 0. The highest BCUT2D eigenvalue weighted by molar-refractivity contribution is 6.11. The molecule has 1 aromatic rings. The van der Waals surface area contributed by atoms with E-state index in [-0.39, 0.29) is 0 Å². The zero-order valence-electron chi connectivity index (χ0n) is 10.1. The van der Waals surface area contributed by atoms with Gasteiger partial charge in [-0.3, -0.25) is 4.79 Å². The molecule has 17 heavy (non-hydrogen) atoms. The highest BCUT2D eigenvalue weighted by Crippen LogP contribution is 2.13. The van der Waals surface area contributed by atoms with Crippen molar-refractivity contribution < 1.29 is 14.3 Å². The molecule has 0 saturated heterocycles. The molecule has 2 N–H and O–H groups in total. The summed E-state index contributed by atoms with van der Waals surface area (Å²) in [4.78, 5) is 24.8. The Bertz CT molecular complexity index is 412. The minimum atomic E-state index is -1.26. The maximum Gasteiger partial charge on any atom is 0.330 e. The number of esters is 1. The van der Waals surface area contributed by atoms with Crippen LogP contribution in [0.15, 0.2) is 24.3 Å². The van der Waals surface area contributed by atoms with Gasteiger partial charge in [-0.25, -0.2) is 4.79 Å². The quantitative estimate of drug-likeness (QED) is 0.466. The Kier molecular flexibility index (Phi) is 4.23. The van der Waals surface area contributed by atoms with Gasteiger partial charge in [-0.1, -0.05) is 0 Å². The van der Waals surface area contributed by atoms with Gasteiger partial charge in [0.2, 0.25) is 0 Å². The number of Topliss-reactive ketones (excluding diaryl/α,β-unsaturated/α-hetero) is 1. The van der Waals surface area contributed by atoms with Gasteiger partial charge >= 0.3 is 5.97 Å². The zero-order chi connectivity index (χ0) is 13.0. The van der Waals surface area contributed by atoms with Gasteiger partial charge in [0.1, 0.15) is 0 Å². The fourth-order valence-electron chi connectivity index (χ4n) is 1.34. The lowest BCUT2D eigenvalue weighted by Crippen LogP contribution is -2.39. The molecule has 0 aliphatic heterocycles. The summed E-state index contributed by atoms with van der Waals surface area (Å²) in [5.41, 5.74) is 6.83. The number of nitrogens with zero attached hydrogens (tertiary/aromatic N) is 1. The monoisotopic (exact) mass is 236 g/mol. The van der Waals surface area contributed by atoms with Gasteiger partial charge in [0.25, 0.3) is 0 Å². The van der Waals surface area contributed by atoms with Gasteiger partial charge in [-0.2, -0.15) is 0 Å². The minimum absolute atomic E-state index is 0.397. The van der Waals surface area contributed by atoms with Crippen LogP contribution < -0.4 is 10.6 Å². The van der Waals surface area contributed by atoms with Crippen molar-refractivity contribution in [3.63, 3.8) is 0 Å². The summed E-state index contributed by atoms with van der Waals surface area (Å²) in [6, 6.07) is 5.60. The molecule has 92 valence electrons. The first kappa shape index (κ1) is 13.2. The van der Waals surface area contributed by atoms with E-state index in [1.807, 2.05) is 19.0 Å². The average molecular weight is 236 g/mol. The Hall–Kier alpha value is -1.88. The lowest BCUT2D eigenvalue weighted by atomic mass is 10.0. The first-order valence-electron chi connectivity index (χ1n) is 5.12. The number of benzene rings is 1. The van der Waals surface area contributed by atoms with Crippen molar-refractivity contribution in [2.24, 2.45) is 5.73 Å². The van der Waals surface area contributed by atoms with Gasteiger partial charge in [0.05, 0.1) is 7.11 Å². The molecule has 5 nitrogen and oxygen atoms in total. The number of rotatable bonds is 4. The second-order valence-electron chi connectivity index (χ2n) is 3.81. The standard InChI is InChI=1S/C12H16N2O3/c1-14(2)9-6-4-8(5-7-9)11(15)10(13)12(16)17-3/h4-7,10H,13H2,1-3H3. The Morgan fingerprint density at radius 2 is 1.76 bits per heavy atom. The van der Waals surface area contributed by atoms with Crippen molar-refractivity contribution in [3.8, 4) is 0 Å². The van der Waals surface area contributed by atoms with Crippen LogP contribution in [0.5, 0.6) is 0 Å². The molecule has 1 atom stereocenters. The van der Waals surface area contributed by atoms with Crippen LogP contribution in [0.2, 0.25) is 0 Å². The summed E-state index contributed by atoms with van der Waals surface area (Å²) in [5.74, 6) is -1.17. The summed E-state index contributed by atoms with van der Waals surface area (Å²) in [7, 11) is 5.00. The van der Waals surface area contributed by atoms with Crippen molar-refractivity contribution in [1.29, 1.82) is 0 Å². The molecular formula is C12H16N2O3. The molecular weight excluding hydrogens is 220 g/mol. The maximum atomic E-state index is 11.8. The van der Waals surface area contributed by atoms with Crippen LogP contribution in [0.4, 0.5) is 5.69 Å². The summed E-state index contributed by atoms with van der Waals surface area (Å²) in [6.45, 7) is 0. The molecule has 0 fully saturated rings. The molecule has 1 aromatic carbocycles. The first-order valence-corrected chi connectivity index (χ1v) is 5.12. The van der Waals surface area contributed by atoms with Crippen LogP contribution in [0.1, 0.15) is 10.4 Å². The number of carbonyl (C=O) groups is 2. The number of nitrogens with two attached hydrogens (primary N) is 1. The van der Waals surface area contributed by atoms with Crippen molar-refractivity contribution >= 4 is 17.4 Å². The molecule has 0 saturated carbocycles. The Morgan fingerprint density at radius 1 is 1.24 bits per heavy atom. The molecule has 0 aliphatic carbocycles. The molecule has 1 rings (SSSR count). The second-order valence-corrected chi connectivity index (χ2v) is 3.81. The lowest BCUT2D eigenvalue weighted by Gasteiger charge is -2.13. The van der Waals surface area contributed by atoms with Crippen LogP contribution >= 0.6 is 0 Å². The summed E-state index contributed by atoms with van der Waals surface area (Å²) in [5, 5.41) is 0. The third-order valence-electron chi connectivity index (χ3n) is 2.41. The summed E-state index contributed by atoms with van der Waals surface area (Å²) in [6.07, 6.45) is 0. The largest absolute Gasteiger partial charge is 0.468 e. The van der Waals surface area contributed by atoms with E-state index in [9.17, 15) is 9.59 Å². The van der Waals surface area contributed by atoms with Crippen LogP contribution in [0, 0.1) is 0 Å². The van der Waals surface area contributed by atoms with E-state index in [1.165, 1.54) is 7.11 Å². The molecule has 0 heterocycles. The fraction of sp³-hybridized carbons (Fsp3) is 0.333. The van der Waals surface area contributed by atoms with Gasteiger partial charge in [-0.15, -0.1) is 0 Å². The van der Waals surface area contributed by atoms with Crippen LogP contribution in [-0.4, -0.2) is 39.0 Å². The number of anilines is 1. The molecule has 0 aromatic heterocycles. The highest BCUT2D eigenvalue weighted by Gasteiger charge is 2.23. The molecule has 0 aliphatic rings. The number of ketones is 1. The van der Waals surface area contributed by atoms with Crippen molar-refractivity contribution in [1.82, 2.24) is 0 Å². The molecule has 0 bridgehead atoms. The number of carbonyl (C=O) groups excluding carboxylic acids is 2. The Morgan fingerprint density at radius 3 is 2.18 bits per heavy atom. The maximum absolute atomic E-state index is 11.8. The fourth-order valence-corrected chi connectivity index (χ4v) is 1.34. The van der Waals surface area contributed by atoms with E-state index < -0.39 is 17.8 Å². The number of methoxy groups -OCH3 is 1. The Balaban J connectivity index is 2.86. The minimum Gasteiger partial charge on any atom is -0.468 e. The van der Waals surface area contributed by atoms with Gasteiger partial charge in [-0.05, 0) is 24.3 Å². The van der Waals surface area contributed by atoms with Crippen LogP contribution in [0.3, 0.4) is 0 Å². The third-order valence-corrected chi connectivity index (χ3v) is 2.41. The SMILES string of the molecule is COC(=O)C(N)C(=O)c1ccc(N(C)C)cc1. The van der Waals surface area contributed by atoms with Gasteiger partial charge in [0.15, 0.2) is 11.8 Å². The van der Waals surface area contributed by atoms with Crippen molar-refractivity contribution in [2.75, 3.05) is 26.1 Å². The molecule has 0 amide bonds. The third kappa shape index (κ3) is 3.04.